The van der Waals surface area contributed by atoms with Crippen molar-refractivity contribution in [3.8, 4) is 0 Å². The number of aliphatic hydroxyl groups excluding tert-OH is 2. The number of ether oxygens (including phenoxy) is 1. The van der Waals surface area contributed by atoms with Crippen LogP contribution in [0.4, 0.5) is 0 Å². The van der Waals surface area contributed by atoms with E-state index in [1.807, 2.05) is 0 Å². The number of esters is 1. The van der Waals surface area contributed by atoms with Crippen LogP contribution in [0.3, 0.4) is 0 Å². The summed E-state index contributed by atoms with van der Waals surface area (Å²) in [7, 11) is 0. The van der Waals surface area contributed by atoms with E-state index >= 15 is 0 Å². The van der Waals surface area contributed by atoms with E-state index in [1.165, 1.54) is 180 Å². The molecule has 0 radical (unpaired) electrons. The monoisotopic (exact) mass is 820 g/mol. The molecule has 0 aliphatic rings. The summed E-state index contributed by atoms with van der Waals surface area (Å²) in [5, 5.41) is 23.8. The minimum atomic E-state index is -0.783. The van der Waals surface area contributed by atoms with Crippen molar-refractivity contribution in [2.45, 2.75) is 302 Å². The molecule has 6 heteroatoms. The number of hydrogen-bond donors (Lipinski definition) is 3. The highest BCUT2D eigenvalue weighted by molar-refractivity contribution is 5.77. The fourth-order valence-corrected chi connectivity index (χ4v) is 8.13. The van der Waals surface area contributed by atoms with Crippen molar-refractivity contribution >= 4 is 11.9 Å². The molecule has 0 aromatic rings. The Morgan fingerprint density at radius 2 is 0.828 bits per heavy atom. The first-order valence-corrected chi connectivity index (χ1v) is 25.9. The summed E-state index contributed by atoms with van der Waals surface area (Å²) >= 11 is 0. The Morgan fingerprint density at radius 1 is 0.483 bits per heavy atom. The molecule has 344 valence electrons. The SMILES string of the molecule is CCCCCCCC/C=C/CCCCCCCC(CC(=O)NC(CO)C(O)CCCCCCCCCCCCCCC)OC(=O)CCCCCCCCCCCCC. The summed E-state index contributed by atoms with van der Waals surface area (Å²) in [5.74, 6) is -0.466. The van der Waals surface area contributed by atoms with Gasteiger partial charge in [0.25, 0.3) is 0 Å². The third-order valence-electron chi connectivity index (χ3n) is 12.1. The molecule has 0 rings (SSSR count). The highest BCUT2D eigenvalue weighted by Crippen LogP contribution is 2.18. The lowest BCUT2D eigenvalue weighted by atomic mass is 10.0. The van der Waals surface area contributed by atoms with E-state index in [2.05, 4.69) is 38.2 Å². The molecule has 3 unspecified atom stereocenters. The van der Waals surface area contributed by atoms with Crippen LogP contribution in [0.1, 0.15) is 284 Å². The molecule has 0 saturated heterocycles. The lowest BCUT2D eigenvalue weighted by molar-refractivity contribution is -0.151. The molecule has 58 heavy (non-hydrogen) atoms. The first kappa shape index (κ1) is 56.6. The van der Waals surface area contributed by atoms with E-state index in [-0.39, 0.29) is 24.9 Å². The molecule has 6 nitrogen and oxygen atoms in total. The Labute approximate surface area is 361 Å². The van der Waals surface area contributed by atoms with Gasteiger partial charge in [-0.25, -0.2) is 0 Å². The number of carbonyl (C=O) groups is 2. The summed E-state index contributed by atoms with van der Waals surface area (Å²) in [6.07, 6.45) is 51.2. The summed E-state index contributed by atoms with van der Waals surface area (Å²) in [4.78, 5) is 26.1. The summed E-state index contributed by atoms with van der Waals surface area (Å²) in [5.41, 5.74) is 0. The van der Waals surface area contributed by atoms with Crippen LogP contribution in [0.25, 0.3) is 0 Å². The van der Waals surface area contributed by atoms with Gasteiger partial charge in [-0.05, 0) is 51.4 Å². The molecular formula is C52H101NO5. The number of unbranched alkanes of at least 4 members (excludes halogenated alkanes) is 33. The maximum atomic E-state index is 13.2. The van der Waals surface area contributed by atoms with Crippen molar-refractivity contribution in [1.82, 2.24) is 5.32 Å². The molecule has 0 aliphatic heterocycles. The van der Waals surface area contributed by atoms with E-state index in [4.69, 9.17) is 4.74 Å². The maximum absolute atomic E-state index is 13.2. The first-order valence-electron chi connectivity index (χ1n) is 25.9. The summed E-state index contributed by atoms with van der Waals surface area (Å²) in [6.45, 7) is 6.49. The maximum Gasteiger partial charge on any atom is 0.306 e. The summed E-state index contributed by atoms with van der Waals surface area (Å²) < 4.78 is 5.93. The van der Waals surface area contributed by atoms with Crippen molar-refractivity contribution in [2.24, 2.45) is 0 Å². The molecule has 3 atom stereocenters. The minimum Gasteiger partial charge on any atom is -0.462 e. The van der Waals surface area contributed by atoms with E-state index < -0.39 is 18.2 Å². The minimum absolute atomic E-state index is 0.0787. The largest absolute Gasteiger partial charge is 0.462 e. The second kappa shape index (κ2) is 46.7. The van der Waals surface area contributed by atoms with Crippen molar-refractivity contribution in [3.63, 3.8) is 0 Å². The lowest BCUT2D eigenvalue weighted by Crippen LogP contribution is -2.46. The Balaban J connectivity index is 4.55. The van der Waals surface area contributed by atoms with Crippen LogP contribution in [-0.2, 0) is 14.3 Å². The van der Waals surface area contributed by atoms with Crippen LogP contribution in [0.5, 0.6) is 0 Å². The molecule has 0 bridgehead atoms. The average Bonchev–Trinajstić information content (AvgIpc) is 3.22. The number of nitrogens with one attached hydrogen (secondary N) is 1. The molecule has 0 heterocycles. The van der Waals surface area contributed by atoms with Gasteiger partial charge in [0, 0.05) is 6.42 Å². The van der Waals surface area contributed by atoms with Crippen molar-refractivity contribution in [1.29, 1.82) is 0 Å². The Morgan fingerprint density at radius 3 is 1.22 bits per heavy atom. The number of allylic oxidation sites excluding steroid dienone is 2. The fourth-order valence-electron chi connectivity index (χ4n) is 8.13. The van der Waals surface area contributed by atoms with Crippen molar-refractivity contribution < 1.29 is 24.5 Å². The van der Waals surface area contributed by atoms with Crippen LogP contribution in [0, 0.1) is 0 Å². The van der Waals surface area contributed by atoms with Crippen LogP contribution in [0.15, 0.2) is 12.2 Å². The van der Waals surface area contributed by atoms with Gasteiger partial charge < -0.3 is 20.3 Å². The van der Waals surface area contributed by atoms with Gasteiger partial charge in [0.05, 0.1) is 25.2 Å². The molecule has 0 fully saturated rings. The van der Waals surface area contributed by atoms with Gasteiger partial charge in [-0.1, -0.05) is 232 Å². The zero-order valence-electron chi connectivity index (χ0n) is 39.2. The van der Waals surface area contributed by atoms with Crippen molar-refractivity contribution in [2.75, 3.05) is 6.61 Å². The summed E-state index contributed by atoms with van der Waals surface area (Å²) in [6, 6.07) is -0.697. The van der Waals surface area contributed by atoms with Gasteiger partial charge in [-0.15, -0.1) is 0 Å². The second-order valence-corrected chi connectivity index (χ2v) is 17.9. The Kier molecular flexibility index (Phi) is 45.5. The van der Waals surface area contributed by atoms with Gasteiger partial charge in [0.15, 0.2) is 0 Å². The highest BCUT2D eigenvalue weighted by Gasteiger charge is 2.24. The molecule has 0 aliphatic carbocycles. The number of carbonyl (C=O) groups excluding carboxylic acids is 2. The molecule has 0 saturated carbocycles. The quantitative estimate of drug-likeness (QED) is 0.0323. The smallest absolute Gasteiger partial charge is 0.306 e. The van der Waals surface area contributed by atoms with E-state index in [9.17, 15) is 19.8 Å². The standard InChI is InChI=1S/C52H101NO5/c1-4-7-10-13-16-19-22-24-25-27-29-31-34-37-40-43-48(58-52(57)45-42-39-36-33-28-21-18-15-12-9-6-3)46-51(56)53-49(47-54)50(55)44-41-38-35-32-30-26-23-20-17-14-11-8-5-2/h24-25,48-50,54-55H,4-23,26-47H2,1-3H3,(H,53,56)/b25-24+. The third kappa shape index (κ3) is 41.3. The van der Waals surface area contributed by atoms with Crippen LogP contribution in [-0.4, -0.2) is 46.9 Å². The van der Waals surface area contributed by atoms with Crippen molar-refractivity contribution in [3.05, 3.63) is 12.2 Å². The fraction of sp³-hybridized carbons (Fsp3) is 0.923. The number of aliphatic hydroxyl groups is 2. The van der Waals surface area contributed by atoms with Crippen LogP contribution < -0.4 is 5.32 Å². The van der Waals surface area contributed by atoms with Gasteiger partial charge >= 0.3 is 5.97 Å². The zero-order valence-corrected chi connectivity index (χ0v) is 39.2. The molecule has 3 N–H and O–H groups in total. The first-order chi connectivity index (χ1) is 28.5. The van der Waals surface area contributed by atoms with E-state index in [1.54, 1.807) is 0 Å². The third-order valence-corrected chi connectivity index (χ3v) is 12.1. The number of amides is 1. The number of rotatable bonds is 47. The van der Waals surface area contributed by atoms with Crippen LogP contribution in [0.2, 0.25) is 0 Å². The van der Waals surface area contributed by atoms with Crippen LogP contribution >= 0.6 is 0 Å². The molecule has 0 aromatic carbocycles. The normalized spacial score (nSPS) is 13.3. The Bertz CT molecular complexity index is 878. The predicted octanol–water partition coefficient (Wildman–Crippen LogP) is 15.3. The van der Waals surface area contributed by atoms with Gasteiger partial charge in [0.1, 0.15) is 6.10 Å². The van der Waals surface area contributed by atoms with Gasteiger partial charge in [-0.2, -0.15) is 0 Å². The molecule has 0 aromatic heterocycles. The topological polar surface area (TPSA) is 95.9 Å². The van der Waals surface area contributed by atoms with Gasteiger partial charge in [-0.3, -0.25) is 9.59 Å². The molecule has 0 spiro atoms. The zero-order chi connectivity index (χ0) is 42.4. The number of hydrogen-bond acceptors (Lipinski definition) is 5. The lowest BCUT2D eigenvalue weighted by Gasteiger charge is -2.24. The predicted molar refractivity (Wildman–Crippen MR) is 250 cm³/mol. The van der Waals surface area contributed by atoms with E-state index in [0.717, 1.165) is 57.8 Å². The average molecular weight is 820 g/mol. The molecular weight excluding hydrogens is 719 g/mol. The highest BCUT2D eigenvalue weighted by atomic mass is 16.5. The Hall–Kier alpha value is -1.40. The van der Waals surface area contributed by atoms with Gasteiger partial charge in [0.2, 0.25) is 5.91 Å². The second-order valence-electron chi connectivity index (χ2n) is 17.9. The molecule has 1 amide bonds. The van der Waals surface area contributed by atoms with E-state index in [0.29, 0.717) is 19.3 Å².